The van der Waals surface area contributed by atoms with Crippen LogP contribution in [0.25, 0.3) is 0 Å². The lowest BCUT2D eigenvalue weighted by atomic mass is 10.1. The van der Waals surface area contributed by atoms with Crippen LogP contribution in [0.5, 0.6) is 11.5 Å². The first-order valence-electron chi connectivity index (χ1n) is 13.8. The number of carbonyl (C=O) groups is 2. The van der Waals surface area contributed by atoms with E-state index in [1.165, 1.54) is 4.90 Å². The highest BCUT2D eigenvalue weighted by Crippen LogP contribution is 2.35. The molecule has 0 unspecified atom stereocenters. The molecular weight excluding hydrogens is 518 g/mol. The van der Waals surface area contributed by atoms with Crippen LogP contribution in [0.4, 0.5) is 5.69 Å². The summed E-state index contributed by atoms with van der Waals surface area (Å²) in [6.45, 7) is 5.91. The number of nitrogens with zero attached hydrogens (tertiary/aromatic N) is 2. The molecule has 0 spiro atoms. The fraction of sp³-hybridized carbons (Fsp3) is 0.517. The molecule has 39 heavy (non-hydrogen) atoms. The molecule has 10 heteroatoms. The number of fused-ring (bicyclic) bond motifs is 1. The van der Waals surface area contributed by atoms with Gasteiger partial charge in [-0.1, -0.05) is 44.0 Å². The van der Waals surface area contributed by atoms with E-state index in [-0.39, 0.29) is 24.2 Å². The average molecular weight is 558 g/mol. The van der Waals surface area contributed by atoms with E-state index in [2.05, 4.69) is 5.32 Å². The molecule has 1 heterocycles. The van der Waals surface area contributed by atoms with Crippen molar-refractivity contribution in [3.63, 3.8) is 0 Å². The van der Waals surface area contributed by atoms with Crippen LogP contribution in [0, 0.1) is 6.92 Å². The van der Waals surface area contributed by atoms with Crippen molar-refractivity contribution >= 4 is 27.5 Å². The van der Waals surface area contributed by atoms with Gasteiger partial charge in [-0.2, -0.15) is 0 Å². The summed E-state index contributed by atoms with van der Waals surface area (Å²) in [5.41, 5.74) is 2.21. The number of hydrogen-bond donors (Lipinski definition) is 1. The fourth-order valence-electron chi connectivity index (χ4n) is 5.16. The molecule has 1 aliphatic heterocycles. The minimum atomic E-state index is -3.83. The predicted molar refractivity (Wildman–Crippen MR) is 150 cm³/mol. The number of amides is 2. The summed E-state index contributed by atoms with van der Waals surface area (Å²) in [7, 11) is -3.83. The third-order valence-electron chi connectivity index (χ3n) is 7.48. The Morgan fingerprint density at radius 1 is 1.03 bits per heavy atom. The number of carbonyl (C=O) groups excluding carboxylic acids is 2. The summed E-state index contributed by atoms with van der Waals surface area (Å²) in [6.07, 6.45) is 4.42. The van der Waals surface area contributed by atoms with E-state index < -0.39 is 28.5 Å². The van der Waals surface area contributed by atoms with Crippen LogP contribution >= 0.6 is 0 Å². The maximum Gasteiger partial charge on any atom is 0.244 e. The van der Waals surface area contributed by atoms with Crippen LogP contribution in [0.2, 0.25) is 0 Å². The summed E-state index contributed by atoms with van der Waals surface area (Å²) in [5, 5.41) is 3.13. The van der Waals surface area contributed by atoms with Gasteiger partial charge in [0.25, 0.3) is 0 Å². The van der Waals surface area contributed by atoms with Crippen molar-refractivity contribution < 1.29 is 27.5 Å². The van der Waals surface area contributed by atoms with Crippen LogP contribution in [0.3, 0.4) is 0 Å². The van der Waals surface area contributed by atoms with E-state index in [1.807, 2.05) is 38.1 Å². The van der Waals surface area contributed by atoms with E-state index in [4.69, 9.17) is 9.47 Å². The van der Waals surface area contributed by atoms with Crippen molar-refractivity contribution in [2.45, 2.75) is 71.5 Å². The van der Waals surface area contributed by atoms with Crippen molar-refractivity contribution in [3.05, 3.63) is 53.6 Å². The molecule has 0 aromatic heterocycles. The molecule has 2 aromatic carbocycles. The first kappa shape index (κ1) is 28.7. The van der Waals surface area contributed by atoms with Crippen LogP contribution in [0.15, 0.2) is 42.5 Å². The third kappa shape index (κ3) is 6.84. The Labute approximate surface area is 231 Å². The Kier molecular flexibility index (Phi) is 9.37. The highest BCUT2D eigenvalue weighted by atomic mass is 32.2. The van der Waals surface area contributed by atoms with Crippen molar-refractivity contribution in [1.29, 1.82) is 0 Å². The number of nitrogens with one attached hydrogen (secondary N) is 1. The number of aryl methyl sites for hydroxylation is 1. The van der Waals surface area contributed by atoms with Gasteiger partial charge in [-0.25, -0.2) is 8.42 Å². The molecule has 1 saturated carbocycles. The largest absolute Gasteiger partial charge is 0.486 e. The predicted octanol–water partition coefficient (Wildman–Crippen LogP) is 3.79. The van der Waals surface area contributed by atoms with Gasteiger partial charge in [0.15, 0.2) is 11.5 Å². The van der Waals surface area contributed by atoms with Crippen molar-refractivity contribution in [2.75, 3.05) is 29.8 Å². The van der Waals surface area contributed by atoms with Crippen LogP contribution in [0.1, 0.15) is 57.1 Å². The molecule has 212 valence electrons. The average Bonchev–Trinajstić information content (AvgIpc) is 3.45. The quantitative estimate of drug-likeness (QED) is 0.451. The lowest BCUT2D eigenvalue weighted by Gasteiger charge is -2.34. The second-order valence-electron chi connectivity index (χ2n) is 10.1. The lowest BCUT2D eigenvalue weighted by molar-refractivity contribution is -0.140. The molecule has 1 aliphatic carbocycles. The Bertz CT molecular complexity index is 1280. The molecule has 1 fully saturated rings. The number of hydrogen-bond acceptors (Lipinski definition) is 6. The zero-order chi connectivity index (χ0) is 28.0. The molecule has 2 amide bonds. The molecular formula is C29H39N3O6S. The minimum Gasteiger partial charge on any atom is -0.486 e. The number of benzene rings is 2. The zero-order valence-electron chi connectivity index (χ0n) is 23.0. The van der Waals surface area contributed by atoms with Gasteiger partial charge in [-0.15, -0.1) is 0 Å². The highest BCUT2D eigenvalue weighted by molar-refractivity contribution is 7.92. The number of sulfonamides is 1. The second kappa shape index (κ2) is 12.7. The van der Waals surface area contributed by atoms with E-state index in [0.717, 1.165) is 41.1 Å². The molecule has 0 radical (unpaired) electrons. The smallest absolute Gasteiger partial charge is 0.244 e. The molecule has 2 aliphatic rings. The lowest BCUT2D eigenvalue weighted by Crippen LogP contribution is -2.53. The van der Waals surface area contributed by atoms with Crippen LogP contribution in [-0.2, 0) is 26.2 Å². The number of ether oxygens (including phenoxy) is 2. The zero-order valence-corrected chi connectivity index (χ0v) is 23.8. The SMILES string of the molecule is CC[C@H](C(=O)NC1CCCC1)N(Cc1ccccc1C)C(=O)CN(c1ccc2c(c1)OCCO2)S(=O)(=O)CC. The van der Waals surface area contributed by atoms with Gasteiger partial charge in [0.1, 0.15) is 25.8 Å². The summed E-state index contributed by atoms with van der Waals surface area (Å²) in [4.78, 5) is 29.0. The van der Waals surface area contributed by atoms with Gasteiger partial charge in [-0.05, 0) is 56.4 Å². The summed E-state index contributed by atoms with van der Waals surface area (Å²) in [6, 6.07) is 11.9. The first-order valence-corrected chi connectivity index (χ1v) is 15.4. The second-order valence-corrected chi connectivity index (χ2v) is 12.3. The van der Waals surface area contributed by atoms with Gasteiger partial charge in [0, 0.05) is 18.7 Å². The van der Waals surface area contributed by atoms with E-state index >= 15 is 0 Å². The fourth-order valence-corrected chi connectivity index (χ4v) is 6.22. The summed E-state index contributed by atoms with van der Waals surface area (Å²) in [5.74, 6) is 0.128. The minimum absolute atomic E-state index is 0.108. The van der Waals surface area contributed by atoms with Gasteiger partial charge < -0.3 is 19.7 Å². The topological polar surface area (TPSA) is 105 Å². The first-order chi connectivity index (χ1) is 18.7. The van der Waals surface area contributed by atoms with Crippen LogP contribution < -0.4 is 19.1 Å². The molecule has 2 aromatic rings. The Morgan fingerprint density at radius 2 is 1.72 bits per heavy atom. The van der Waals surface area contributed by atoms with Gasteiger partial charge >= 0.3 is 0 Å². The molecule has 1 N–H and O–H groups in total. The number of anilines is 1. The van der Waals surface area contributed by atoms with E-state index in [9.17, 15) is 18.0 Å². The van der Waals surface area contributed by atoms with E-state index in [1.54, 1.807) is 25.1 Å². The monoisotopic (exact) mass is 557 g/mol. The van der Waals surface area contributed by atoms with E-state index in [0.29, 0.717) is 36.8 Å². The van der Waals surface area contributed by atoms with Gasteiger partial charge in [0.05, 0.1) is 11.4 Å². The van der Waals surface area contributed by atoms with Crippen LogP contribution in [-0.4, -0.2) is 62.7 Å². The molecule has 0 saturated heterocycles. The van der Waals surface area contributed by atoms with Crippen molar-refractivity contribution in [2.24, 2.45) is 0 Å². The summed E-state index contributed by atoms with van der Waals surface area (Å²) >= 11 is 0. The molecule has 0 bridgehead atoms. The van der Waals surface area contributed by atoms with Crippen molar-refractivity contribution in [3.8, 4) is 11.5 Å². The standard InChI is InChI=1S/C29H39N3O6S/c1-4-25(29(34)30-23-12-8-9-13-23)31(19-22-11-7-6-10-21(22)3)28(33)20-32(39(35,36)5-2)24-14-15-26-27(18-24)38-17-16-37-26/h6-7,10-11,14-15,18,23,25H,4-5,8-9,12-13,16-17,19-20H2,1-3H3,(H,30,34)/t25-/m1/s1. The molecule has 1 atom stereocenters. The number of rotatable bonds is 11. The Balaban J connectivity index is 1.66. The molecule has 4 rings (SSSR count). The van der Waals surface area contributed by atoms with Gasteiger partial charge in [-0.3, -0.25) is 13.9 Å². The molecule has 9 nitrogen and oxygen atoms in total. The summed E-state index contributed by atoms with van der Waals surface area (Å²) < 4.78 is 38.8. The normalized spacial score (nSPS) is 16.0. The highest BCUT2D eigenvalue weighted by Gasteiger charge is 2.34. The van der Waals surface area contributed by atoms with Crippen molar-refractivity contribution in [1.82, 2.24) is 10.2 Å². The van der Waals surface area contributed by atoms with Gasteiger partial charge in [0.2, 0.25) is 21.8 Å². The maximum absolute atomic E-state index is 14.0. The maximum atomic E-state index is 14.0. The third-order valence-corrected chi connectivity index (χ3v) is 9.22. The Hall–Kier alpha value is -3.27. The Morgan fingerprint density at radius 3 is 2.38 bits per heavy atom.